The molecule has 0 aliphatic rings. The highest BCUT2D eigenvalue weighted by Crippen LogP contribution is 2.49. The number of hydrogen-bond donors (Lipinski definition) is 0. The second-order valence-electron chi connectivity index (χ2n) is 12.1. The summed E-state index contributed by atoms with van der Waals surface area (Å²) in [4.78, 5) is 0. The van der Waals surface area contributed by atoms with Crippen LogP contribution >= 0.6 is 14.3 Å². The van der Waals surface area contributed by atoms with Gasteiger partial charge in [0, 0.05) is 31.8 Å². The predicted octanol–water partition coefficient (Wildman–Crippen LogP) is 8.98. The van der Waals surface area contributed by atoms with Crippen molar-refractivity contribution in [1.29, 1.82) is 0 Å². The molecule has 0 saturated heterocycles. The van der Waals surface area contributed by atoms with Crippen molar-refractivity contribution in [2.24, 2.45) is 0 Å². The smallest absolute Gasteiger partial charge is 0.171 e. The highest BCUT2D eigenvalue weighted by molar-refractivity contribution is 7.86. The first kappa shape index (κ1) is 32.0. The molecule has 8 aromatic carbocycles. The fourth-order valence-electron chi connectivity index (χ4n) is 6.89. The zero-order valence-corrected chi connectivity index (χ0v) is 28.0. The topological polar surface area (TPSA) is 34.1 Å². The lowest BCUT2D eigenvalue weighted by Crippen LogP contribution is -2.27. The Morgan fingerprint density at radius 2 is 0.540 bits per heavy atom. The Morgan fingerprint density at radius 1 is 0.300 bits per heavy atom. The summed E-state index contributed by atoms with van der Waals surface area (Å²) in [6, 6.07) is 40.8. The average molecular weight is 701 g/mol. The van der Waals surface area contributed by atoms with Crippen LogP contribution in [0.25, 0.3) is 32.3 Å². The molecule has 8 aromatic rings. The molecule has 8 heteroatoms. The van der Waals surface area contributed by atoms with E-state index in [1.54, 1.807) is 0 Å². The van der Waals surface area contributed by atoms with Crippen LogP contribution < -0.4 is 31.8 Å². The van der Waals surface area contributed by atoms with Crippen molar-refractivity contribution in [2.75, 3.05) is 0 Å². The third kappa shape index (κ3) is 5.10. The van der Waals surface area contributed by atoms with E-state index < -0.39 is 37.6 Å². The minimum atomic E-state index is -3.75. The van der Waals surface area contributed by atoms with Crippen molar-refractivity contribution in [2.45, 2.75) is 0 Å². The van der Waals surface area contributed by atoms with Gasteiger partial charge in [-0.2, -0.15) is 0 Å². The molecule has 0 spiro atoms. The standard InChI is InChI=1S/C42H26F4O2P2/c43-27-9-17-31(18-10-27)49(47,32-19-11-28(44)12-20-32)41-26-40-36-6-2-4-8-38(36)42(25-39(40)35-5-1-3-7-37(35)41)50(48,33-21-13-29(45)14-22-33)34-23-15-30(46)16-24-34/h1-26H. The SMILES string of the molecule is O=P(c1ccc(F)cc1)(c1ccc(F)cc1)c1cc2c3ccccc3c(P(=O)(c3ccc(F)cc3)c3ccc(F)cc3)cc2c2ccccc12. The quantitative estimate of drug-likeness (QED) is 0.0987. The monoisotopic (exact) mass is 700 g/mol. The lowest BCUT2D eigenvalue weighted by atomic mass is 9.97. The Balaban J connectivity index is 1.51. The van der Waals surface area contributed by atoms with Gasteiger partial charge < -0.3 is 9.13 Å². The Morgan fingerprint density at radius 3 is 0.800 bits per heavy atom. The normalized spacial score (nSPS) is 12.2. The van der Waals surface area contributed by atoms with Crippen LogP contribution in [0.2, 0.25) is 0 Å². The Hall–Kier alpha value is -5.28. The molecule has 0 heterocycles. The summed E-state index contributed by atoms with van der Waals surface area (Å²) in [5, 5.41) is 6.70. The van der Waals surface area contributed by atoms with Crippen LogP contribution in [0.15, 0.2) is 158 Å². The van der Waals surface area contributed by atoms with E-state index in [4.69, 9.17) is 0 Å². The van der Waals surface area contributed by atoms with Crippen molar-refractivity contribution in [1.82, 2.24) is 0 Å². The Bertz CT molecular complexity index is 2390. The molecule has 8 rings (SSSR count). The van der Waals surface area contributed by atoms with Crippen molar-refractivity contribution in [3.05, 3.63) is 181 Å². The van der Waals surface area contributed by atoms with Gasteiger partial charge in [0.25, 0.3) is 0 Å². The maximum atomic E-state index is 15.7. The molecule has 2 nitrogen and oxygen atoms in total. The molecule has 0 amide bonds. The van der Waals surface area contributed by atoms with E-state index in [1.807, 2.05) is 60.7 Å². The Labute approximate surface area is 285 Å². The maximum Gasteiger partial charge on any atom is 0.171 e. The van der Waals surface area contributed by atoms with Gasteiger partial charge in [0.1, 0.15) is 23.3 Å². The van der Waals surface area contributed by atoms with Gasteiger partial charge in [-0.3, -0.25) is 0 Å². The van der Waals surface area contributed by atoms with Crippen LogP contribution in [-0.4, -0.2) is 0 Å². The number of fused-ring (bicyclic) bond motifs is 5. The van der Waals surface area contributed by atoms with E-state index in [-0.39, 0.29) is 0 Å². The van der Waals surface area contributed by atoms with Crippen LogP contribution in [0.3, 0.4) is 0 Å². The molecule has 0 aliphatic heterocycles. The molecule has 0 bridgehead atoms. The predicted molar refractivity (Wildman–Crippen MR) is 198 cm³/mol. The molecule has 0 aromatic heterocycles. The van der Waals surface area contributed by atoms with Crippen LogP contribution in [0.1, 0.15) is 0 Å². The van der Waals surface area contributed by atoms with E-state index in [9.17, 15) is 17.6 Å². The molecule has 0 aliphatic carbocycles. The second-order valence-corrected chi connectivity index (χ2v) is 17.6. The molecule has 0 N–H and O–H groups in total. The molecular weight excluding hydrogens is 674 g/mol. The van der Waals surface area contributed by atoms with Gasteiger partial charge in [0.2, 0.25) is 0 Å². The van der Waals surface area contributed by atoms with E-state index >= 15 is 9.13 Å². The summed E-state index contributed by atoms with van der Waals surface area (Å²) in [5.41, 5.74) is 0. The fraction of sp³-hybridized carbons (Fsp3) is 0. The summed E-state index contributed by atoms with van der Waals surface area (Å²) in [6.07, 6.45) is 0. The van der Waals surface area contributed by atoms with Gasteiger partial charge in [-0.25, -0.2) is 17.6 Å². The minimum absolute atomic E-state index is 0.382. The summed E-state index contributed by atoms with van der Waals surface area (Å²) >= 11 is 0. The summed E-state index contributed by atoms with van der Waals surface area (Å²) < 4.78 is 88.2. The largest absolute Gasteiger partial charge is 0.309 e. The third-order valence-corrected chi connectivity index (χ3v) is 15.5. The highest BCUT2D eigenvalue weighted by Gasteiger charge is 2.35. The van der Waals surface area contributed by atoms with Crippen LogP contribution in [-0.2, 0) is 9.13 Å². The van der Waals surface area contributed by atoms with Crippen molar-refractivity contribution in [3.63, 3.8) is 0 Å². The van der Waals surface area contributed by atoms with Crippen molar-refractivity contribution < 1.29 is 26.7 Å². The first-order valence-electron chi connectivity index (χ1n) is 15.8. The number of halogens is 4. The van der Waals surface area contributed by atoms with Gasteiger partial charge in [-0.05, 0) is 142 Å². The fourth-order valence-corrected chi connectivity index (χ4v) is 12.6. The molecule has 0 radical (unpaired) electrons. The summed E-state index contributed by atoms with van der Waals surface area (Å²) in [5.74, 6) is -1.91. The van der Waals surface area contributed by atoms with E-state index in [0.29, 0.717) is 42.6 Å². The maximum absolute atomic E-state index is 15.7. The van der Waals surface area contributed by atoms with Crippen molar-refractivity contribution >= 4 is 78.4 Å². The molecule has 244 valence electrons. The van der Waals surface area contributed by atoms with E-state index in [1.165, 1.54) is 97.1 Å². The minimum Gasteiger partial charge on any atom is -0.309 e. The lowest BCUT2D eigenvalue weighted by molar-refractivity contribution is 0.591. The highest BCUT2D eigenvalue weighted by atomic mass is 31.2. The zero-order valence-electron chi connectivity index (χ0n) is 26.2. The number of rotatable bonds is 6. The van der Waals surface area contributed by atoms with Crippen LogP contribution in [0.4, 0.5) is 17.6 Å². The van der Waals surface area contributed by atoms with Gasteiger partial charge in [-0.15, -0.1) is 0 Å². The van der Waals surface area contributed by atoms with Gasteiger partial charge >= 0.3 is 0 Å². The first-order valence-corrected chi connectivity index (χ1v) is 19.2. The van der Waals surface area contributed by atoms with Crippen LogP contribution in [0, 0.1) is 23.3 Å². The van der Waals surface area contributed by atoms with Gasteiger partial charge in [0.15, 0.2) is 14.3 Å². The average Bonchev–Trinajstić information content (AvgIpc) is 3.14. The molecule has 50 heavy (non-hydrogen) atoms. The zero-order chi connectivity index (χ0) is 34.6. The second kappa shape index (κ2) is 12.2. The van der Waals surface area contributed by atoms with Crippen LogP contribution in [0.5, 0.6) is 0 Å². The molecule has 0 atom stereocenters. The van der Waals surface area contributed by atoms with E-state index in [0.717, 1.165) is 21.5 Å². The molecule has 0 fully saturated rings. The van der Waals surface area contributed by atoms with Gasteiger partial charge in [0.05, 0.1) is 0 Å². The molecule has 0 saturated carbocycles. The molecular formula is C42H26F4O2P2. The number of hydrogen-bond acceptors (Lipinski definition) is 2. The lowest BCUT2D eigenvalue weighted by Gasteiger charge is -2.25. The summed E-state index contributed by atoms with van der Waals surface area (Å²) in [7, 11) is -7.51. The molecule has 0 unspecified atom stereocenters. The summed E-state index contributed by atoms with van der Waals surface area (Å²) in [6.45, 7) is 0. The number of benzene rings is 8. The van der Waals surface area contributed by atoms with Gasteiger partial charge in [-0.1, -0.05) is 48.5 Å². The first-order chi connectivity index (χ1) is 24.2. The van der Waals surface area contributed by atoms with E-state index in [2.05, 4.69) is 0 Å². The third-order valence-electron chi connectivity index (χ3n) is 9.28. The van der Waals surface area contributed by atoms with Crippen molar-refractivity contribution in [3.8, 4) is 0 Å². The Kier molecular flexibility index (Phi) is 7.83.